The molecule has 1 heterocycles. The van der Waals surface area contributed by atoms with Crippen molar-refractivity contribution < 1.29 is 18.0 Å². The maximum Gasteiger partial charge on any atom is 0.243 e. The summed E-state index contributed by atoms with van der Waals surface area (Å²) >= 11 is 0. The predicted octanol–water partition coefficient (Wildman–Crippen LogP) is 1.65. The lowest BCUT2D eigenvalue weighted by molar-refractivity contribution is -0.127. The number of hydrogen-bond donors (Lipinski definition) is 2. The zero-order valence-corrected chi connectivity index (χ0v) is 17.1. The fourth-order valence-electron chi connectivity index (χ4n) is 4.10. The molecule has 8 heteroatoms. The molecule has 7 nitrogen and oxygen atoms in total. The molecule has 0 unspecified atom stereocenters. The second-order valence-corrected chi connectivity index (χ2v) is 9.71. The standard InChI is InChI=1S/C20H29N3O4S/c1-15(24)21-17-9-11-18(12-10-17)22-20(25)16-6-5-13-23(14-16)28(26,27)19-7-3-2-4-8-19/h2-4,7-8,16-18H,5-6,9-14H2,1H3,(H,21,24)(H,22,25)/t16-,17?,18?/m0/s1. The van der Waals surface area contributed by atoms with Gasteiger partial charge in [-0.1, -0.05) is 18.2 Å². The van der Waals surface area contributed by atoms with E-state index < -0.39 is 10.0 Å². The summed E-state index contributed by atoms with van der Waals surface area (Å²) < 4.78 is 27.1. The first-order valence-corrected chi connectivity index (χ1v) is 11.4. The van der Waals surface area contributed by atoms with Crippen LogP contribution in [0, 0.1) is 5.92 Å². The van der Waals surface area contributed by atoms with E-state index in [0.29, 0.717) is 19.4 Å². The van der Waals surface area contributed by atoms with E-state index >= 15 is 0 Å². The molecular formula is C20H29N3O4S. The first-order valence-electron chi connectivity index (χ1n) is 9.99. The Hall–Kier alpha value is -1.93. The van der Waals surface area contributed by atoms with Crippen LogP contribution in [0.3, 0.4) is 0 Å². The van der Waals surface area contributed by atoms with Gasteiger partial charge in [0.05, 0.1) is 10.8 Å². The van der Waals surface area contributed by atoms with Gasteiger partial charge in [0.1, 0.15) is 0 Å². The molecule has 2 fully saturated rings. The number of piperidine rings is 1. The molecule has 0 aromatic heterocycles. The van der Waals surface area contributed by atoms with E-state index in [1.54, 1.807) is 30.3 Å². The van der Waals surface area contributed by atoms with Crippen LogP contribution in [0.15, 0.2) is 35.2 Å². The van der Waals surface area contributed by atoms with Gasteiger partial charge in [0.25, 0.3) is 0 Å². The van der Waals surface area contributed by atoms with Crippen LogP contribution >= 0.6 is 0 Å². The molecule has 0 bridgehead atoms. The Morgan fingerprint density at radius 3 is 2.18 bits per heavy atom. The fourth-order valence-corrected chi connectivity index (χ4v) is 5.65. The SMILES string of the molecule is CC(=O)NC1CCC(NC(=O)[C@H]2CCCN(S(=O)(=O)c3ccccc3)C2)CC1. The summed E-state index contributed by atoms with van der Waals surface area (Å²) in [5.41, 5.74) is 0. The smallest absolute Gasteiger partial charge is 0.243 e. The van der Waals surface area contributed by atoms with Crippen molar-refractivity contribution in [1.82, 2.24) is 14.9 Å². The van der Waals surface area contributed by atoms with Gasteiger partial charge < -0.3 is 10.6 Å². The number of rotatable bonds is 5. The van der Waals surface area contributed by atoms with Gasteiger partial charge in [-0.3, -0.25) is 9.59 Å². The maximum absolute atomic E-state index is 12.8. The first-order chi connectivity index (χ1) is 13.4. The number of sulfonamides is 1. The van der Waals surface area contributed by atoms with Crippen molar-refractivity contribution in [2.75, 3.05) is 13.1 Å². The van der Waals surface area contributed by atoms with Crippen molar-refractivity contribution in [1.29, 1.82) is 0 Å². The number of benzene rings is 1. The van der Waals surface area contributed by atoms with Crippen molar-refractivity contribution in [2.24, 2.45) is 5.92 Å². The maximum atomic E-state index is 12.8. The molecule has 1 aliphatic heterocycles. The van der Waals surface area contributed by atoms with Crippen molar-refractivity contribution in [2.45, 2.75) is 62.4 Å². The van der Waals surface area contributed by atoms with E-state index in [9.17, 15) is 18.0 Å². The number of carbonyl (C=O) groups is 2. The monoisotopic (exact) mass is 407 g/mol. The molecule has 1 atom stereocenters. The molecular weight excluding hydrogens is 378 g/mol. The summed E-state index contributed by atoms with van der Waals surface area (Å²) in [5.74, 6) is -0.398. The largest absolute Gasteiger partial charge is 0.354 e. The number of amides is 2. The molecule has 2 N–H and O–H groups in total. The Balaban J connectivity index is 1.54. The number of nitrogens with one attached hydrogen (secondary N) is 2. The van der Waals surface area contributed by atoms with Crippen molar-refractivity contribution in [3.05, 3.63) is 30.3 Å². The Bertz CT molecular complexity index is 789. The van der Waals surface area contributed by atoms with Crippen molar-refractivity contribution in [3.8, 4) is 0 Å². The van der Waals surface area contributed by atoms with Gasteiger partial charge in [0.15, 0.2) is 0 Å². The molecule has 1 aliphatic carbocycles. The number of nitrogens with zero attached hydrogens (tertiary/aromatic N) is 1. The molecule has 0 radical (unpaired) electrons. The third kappa shape index (κ3) is 5.11. The van der Waals surface area contributed by atoms with Gasteiger partial charge in [0, 0.05) is 32.1 Å². The van der Waals surface area contributed by atoms with Gasteiger partial charge in [-0.25, -0.2) is 8.42 Å². The normalized spacial score (nSPS) is 26.4. The van der Waals surface area contributed by atoms with Crippen LogP contribution in [0.5, 0.6) is 0 Å². The summed E-state index contributed by atoms with van der Waals surface area (Å²) in [5, 5.41) is 6.03. The van der Waals surface area contributed by atoms with Crippen LogP contribution in [0.25, 0.3) is 0 Å². The molecule has 2 aliphatic rings. The molecule has 1 aromatic rings. The minimum atomic E-state index is -3.57. The van der Waals surface area contributed by atoms with Crippen LogP contribution in [0.2, 0.25) is 0 Å². The van der Waals surface area contributed by atoms with E-state index in [1.165, 1.54) is 11.2 Å². The lowest BCUT2D eigenvalue weighted by Crippen LogP contribution is -2.49. The summed E-state index contributed by atoms with van der Waals surface area (Å²) in [7, 11) is -3.57. The third-order valence-electron chi connectivity index (χ3n) is 5.62. The van der Waals surface area contributed by atoms with E-state index in [-0.39, 0.29) is 41.3 Å². The van der Waals surface area contributed by atoms with Crippen molar-refractivity contribution in [3.63, 3.8) is 0 Å². The number of hydrogen-bond acceptors (Lipinski definition) is 4. The summed E-state index contributed by atoms with van der Waals surface area (Å²) in [6, 6.07) is 8.66. The summed E-state index contributed by atoms with van der Waals surface area (Å²) in [6.45, 7) is 2.19. The van der Waals surface area contributed by atoms with E-state index in [4.69, 9.17) is 0 Å². The average molecular weight is 408 g/mol. The molecule has 28 heavy (non-hydrogen) atoms. The van der Waals surface area contributed by atoms with Crippen LogP contribution in [-0.2, 0) is 19.6 Å². The highest BCUT2D eigenvalue weighted by Gasteiger charge is 2.34. The Morgan fingerprint density at radius 1 is 0.964 bits per heavy atom. The Morgan fingerprint density at radius 2 is 1.57 bits per heavy atom. The molecule has 3 rings (SSSR count). The molecule has 154 valence electrons. The highest BCUT2D eigenvalue weighted by atomic mass is 32.2. The Kier molecular flexibility index (Phi) is 6.72. The molecule has 1 aromatic carbocycles. The van der Waals surface area contributed by atoms with Gasteiger partial charge >= 0.3 is 0 Å². The minimum absolute atomic E-state index is 0.0191. The zero-order valence-electron chi connectivity index (χ0n) is 16.3. The molecule has 0 spiro atoms. The summed E-state index contributed by atoms with van der Waals surface area (Å²) in [6.07, 6.45) is 4.74. The predicted molar refractivity (Wildman–Crippen MR) is 106 cm³/mol. The van der Waals surface area contributed by atoms with E-state index in [1.807, 2.05) is 0 Å². The minimum Gasteiger partial charge on any atom is -0.354 e. The van der Waals surface area contributed by atoms with Crippen LogP contribution in [0.4, 0.5) is 0 Å². The average Bonchev–Trinajstić information content (AvgIpc) is 2.70. The second kappa shape index (κ2) is 9.05. The van der Waals surface area contributed by atoms with Gasteiger partial charge in [0.2, 0.25) is 21.8 Å². The van der Waals surface area contributed by atoms with Gasteiger partial charge in [-0.15, -0.1) is 0 Å². The molecule has 1 saturated heterocycles. The fraction of sp³-hybridized carbons (Fsp3) is 0.600. The van der Waals surface area contributed by atoms with Gasteiger partial charge in [-0.05, 0) is 50.7 Å². The molecule has 1 saturated carbocycles. The lowest BCUT2D eigenvalue weighted by atomic mass is 9.90. The van der Waals surface area contributed by atoms with Gasteiger partial charge in [-0.2, -0.15) is 4.31 Å². The molecule has 2 amide bonds. The number of carbonyl (C=O) groups excluding carboxylic acids is 2. The topological polar surface area (TPSA) is 95.6 Å². The van der Waals surface area contributed by atoms with Crippen LogP contribution in [0.1, 0.15) is 45.4 Å². The third-order valence-corrected chi connectivity index (χ3v) is 7.50. The van der Waals surface area contributed by atoms with E-state index in [2.05, 4.69) is 10.6 Å². The second-order valence-electron chi connectivity index (χ2n) is 7.77. The van der Waals surface area contributed by atoms with E-state index in [0.717, 1.165) is 25.7 Å². The Labute approximate surface area is 166 Å². The summed E-state index contributed by atoms with van der Waals surface area (Å²) in [4.78, 5) is 24.2. The highest BCUT2D eigenvalue weighted by molar-refractivity contribution is 7.89. The first kappa shape index (κ1) is 20.8. The quantitative estimate of drug-likeness (QED) is 0.776. The lowest BCUT2D eigenvalue weighted by Gasteiger charge is -2.34. The van der Waals surface area contributed by atoms with Crippen LogP contribution in [-0.4, -0.2) is 49.7 Å². The zero-order chi connectivity index (χ0) is 20.1. The van der Waals surface area contributed by atoms with Crippen LogP contribution < -0.4 is 10.6 Å². The highest BCUT2D eigenvalue weighted by Crippen LogP contribution is 2.25. The van der Waals surface area contributed by atoms with Crippen molar-refractivity contribution >= 4 is 21.8 Å².